The molecule has 0 aliphatic heterocycles. The Hall–Kier alpha value is -3.92. The lowest BCUT2D eigenvalue weighted by molar-refractivity contribution is -0.137. The molecule has 186 valence electrons. The van der Waals surface area contributed by atoms with Crippen molar-refractivity contribution in [1.82, 2.24) is 0 Å². The molecule has 5 N–H and O–H groups in total. The molecule has 0 saturated heterocycles. The van der Waals surface area contributed by atoms with E-state index in [0.29, 0.717) is 22.7 Å². The van der Waals surface area contributed by atoms with E-state index >= 15 is 0 Å². The van der Waals surface area contributed by atoms with Crippen molar-refractivity contribution in [2.75, 3.05) is 37.3 Å². The van der Waals surface area contributed by atoms with E-state index in [9.17, 15) is 18.3 Å². The lowest BCUT2D eigenvalue weighted by atomic mass is 9.87. The number of nitrogen functional groups attached to an aromatic ring is 1. The largest absolute Gasteiger partial charge is 0.494 e. The highest BCUT2D eigenvalue weighted by atomic mass is 32.2. The molecule has 0 aliphatic carbocycles. The van der Waals surface area contributed by atoms with Gasteiger partial charge in [0.1, 0.15) is 16.4 Å². The van der Waals surface area contributed by atoms with Gasteiger partial charge in [-0.1, -0.05) is 24.3 Å². The molecule has 3 aromatic carbocycles. The van der Waals surface area contributed by atoms with E-state index in [2.05, 4.69) is 10.6 Å². The molecule has 0 saturated carbocycles. The molecule has 0 radical (unpaired) electrons. The molecule has 9 nitrogen and oxygen atoms in total. The molecule has 0 bridgehead atoms. The van der Waals surface area contributed by atoms with E-state index in [0.717, 1.165) is 16.8 Å². The molecule has 0 heterocycles. The highest BCUT2D eigenvalue weighted by Crippen LogP contribution is 2.38. The summed E-state index contributed by atoms with van der Waals surface area (Å²) in [5.41, 5.74) is 10.4. The molecule has 0 aromatic heterocycles. The summed E-state index contributed by atoms with van der Waals surface area (Å²) in [5, 5.41) is 15.8. The second-order valence-corrected chi connectivity index (χ2v) is 8.85. The van der Waals surface area contributed by atoms with Gasteiger partial charge in [-0.2, -0.15) is 0 Å². The van der Waals surface area contributed by atoms with Gasteiger partial charge in [-0.05, 0) is 53.9 Å². The predicted octanol–water partition coefficient (Wildman–Crippen LogP) is 3.65. The van der Waals surface area contributed by atoms with Gasteiger partial charge in [0.2, 0.25) is 0 Å². The Morgan fingerprint density at radius 3 is 2.49 bits per heavy atom. The highest BCUT2D eigenvalue weighted by Gasteiger charge is 2.22. The molecule has 1 unspecified atom stereocenters. The zero-order valence-electron chi connectivity index (χ0n) is 19.7. The number of aryl methyl sites for hydroxylation is 1. The van der Waals surface area contributed by atoms with Crippen molar-refractivity contribution >= 4 is 33.7 Å². The number of nitrogens with one attached hydrogen (secondary N) is 2. The number of anilines is 3. The van der Waals surface area contributed by atoms with Gasteiger partial charge in [0, 0.05) is 18.7 Å². The number of hydrogen-bond acceptors (Lipinski definition) is 8. The Kier molecular flexibility index (Phi) is 8.43. The van der Waals surface area contributed by atoms with Crippen LogP contribution in [0.3, 0.4) is 0 Å². The van der Waals surface area contributed by atoms with Crippen LogP contribution in [0.4, 0.5) is 17.1 Å². The van der Waals surface area contributed by atoms with Gasteiger partial charge in [-0.3, -0.25) is 4.79 Å². The van der Waals surface area contributed by atoms with E-state index in [1.165, 1.54) is 13.2 Å². The third kappa shape index (κ3) is 6.15. The van der Waals surface area contributed by atoms with Gasteiger partial charge in [0.15, 0.2) is 17.4 Å². The molecule has 10 heteroatoms. The fraction of sp³-hybridized carbons (Fsp3) is 0.240. The first-order valence-electron chi connectivity index (χ1n) is 10.8. The number of nitrogens with two attached hydrogens (primary N) is 1. The zero-order chi connectivity index (χ0) is 25.5. The number of aliphatic carboxylic acids is 1. The number of carbonyl (C=O) groups is 1. The molecule has 0 fully saturated rings. The SMILES string of the molecule is CNc1c(N)cc(C(CC(=O)O)c2ccc(C)c(NCOc3ccccc3[SH](=O)=O)c2)cc1OC. The van der Waals surface area contributed by atoms with Crippen molar-refractivity contribution in [3.05, 3.63) is 71.3 Å². The predicted molar refractivity (Wildman–Crippen MR) is 136 cm³/mol. The number of carboxylic acid groups (broad SMARTS) is 1. The summed E-state index contributed by atoms with van der Waals surface area (Å²) in [7, 11) is 0.475. The van der Waals surface area contributed by atoms with Crippen LogP contribution >= 0.6 is 0 Å². The molecule has 0 amide bonds. The summed E-state index contributed by atoms with van der Waals surface area (Å²) in [5.74, 6) is -0.665. The Bertz CT molecular complexity index is 1280. The quantitative estimate of drug-likeness (QED) is 0.152. The summed E-state index contributed by atoms with van der Waals surface area (Å²) in [6.45, 7) is 1.93. The van der Waals surface area contributed by atoms with Crippen molar-refractivity contribution in [3.63, 3.8) is 0 Å². The third-order valence-corrected chi connectivity index (χ3v) is 6.39. The highest BCUT2D eigenvalue weighted by molar-refractivity contribution is 7.72. The molecule has 3 rings (SSSR count). The van der Waals surface area contributed by atoms with Crippen molar-refractivity contribution in [3.8, 4) is 11.5 Å². The van der Waals surface area contributed by atoms with Gasteiger partial charge < -0.3 is 30.9 Å². The first-order chi connectivity index (χ1) is 16.7. The fourth-order valence-electron chi connectivity index (χ4n) is 3.86. The Morgan fingerprint density at radius 2 is 1.83 bits per heavy atom. The number of benzene rings is 3. The Labute approximate surface area is 205 Å². The van der Waals surface area contributed by atoms with Crippen LogP contribution in [-0.2, 0) is 15.5 Å². The monoisotopic (exact) mass is 499 g/mol. The van der Waals surface area contributed by atoms with E-state index in [1.54, 1.807) is 37.4 Å². The van der Waals surface area contributed by atoms with Crippen LogP contribution in [-0.4, -0.2) is 40.4 Å². The number of methoxy groups -OCH3 is 1. The number of ether oxygens (including phenoxy) is 2. The van der Waals surface area contributed by atoms with Crippen molar-refractivity contribution in [1.29, 1.82) is 0 Å². The van der Waals surface area contributed by atoms with Crippen LogP contribution in [0.1, 0.15) is 29.0 Å². The van der Waals surface area contributed by atoms with Gasteiger partial charge in [0.25, 0.3) is 0 Å². The minimum absolute atomic E-state index is 0.0196. The van der Waals surface area contributed by atoms with Crippen LogP contribution in [0.2, 0.25) is 0 Å². The normalized spacial score (nSPS) is 11.7. The van der Waals surface area contributed by atoms with Gasteiger partial charge in [-0.25, -0.2) is 8.42 Å². The average molecular weight is 500 g/mol. The molecule has 3 aromatic rings. The van der Waals surface area contributed by atoms with E-state index in [1.807, 2.05) is 25.1 Å². The number of rotatable bonds is 11. The van der Waals surface area contributed by atoms with Gasteiger partial charge >= 0.3 is 5.97 Å². The van der Waals surface area contributed by atoms with Crippen LogP contribution < -0.4 is 25.8 Å². The second-order valence-electron chi connectivity index (χ2n) is 7.85. The van der Waals surface area contributed by atoms with Crippen molar-refractivity contribution < 1.29 is 27.8 Å². The van der Waals surface area contributed by atoms with E-state index in [4.69, 9.17) is 15.2 Å². The minimum Gasteiger partial charge on any atom is -0.494 e. The molecule has 0 spiro atoms. The number of thiol groups is 1. The second kappa shape index (κ2) is 11.5. The van der Waals surface area contributed by atoms with Gasteiger partial charge in [-0.15, -0.1) is 0 Å². The van der Waals surface area contributed by atoms with Crippen molar-refractivity contribution in [2.24, 2.45) is 0 Å². The maximum Gasteiger partial charge on any atom is 0.304 e. The molecular formula is C25H29N3O6S. The lowest BCUT2D eigenvalue weighted by Crippen LogP contribution is -2.13. The molecule has 35 heavy (non-hydrogen) atoms. The van der Waals surface area contributed by atoms with Crippen LogP contribution in [0.25, 0.3) is 0 Å². The molecular weight excluding hydrogens is 470 g/mol. The maximum atomic E-state index is 11.7. The first kappa shape index (κ1) is 25.7. The smallest absolute Gasteiger partial charge is 0.304 e. The Balaban J connectivity index is 1.90. The summed E-state index contributed by atoms with van der Waals surface area (Å²) < 4.78 is 34.0. The van der Waals surface area contributed by atoms with Crippen LogP contribution in [0.5, 0.6) is 11.5 Å². The van der Waals surface area contributed by atoms with Crippen LogP contribution in [0.15, 0.2) is 59.5 Å². The number of para-hydroxylation sites is 1. The van der Waals surface area contributed by atoms with Crippen LogP contribution in [0, 0.1) is 6.92 Å². The van der Waals surface area contributed by atoms with Crippen molar-refractivity contribution in [2.45, 2.75) is 24.2 Å². The average Bonchev–Trinajstić information content (AvgIpc) is 2.83. The van der Waals surface area contributed by atoms with E-state index in [-0.39, 0.29) is 23.8 Å². The third-order valence-electron chi connectivity index (χ3n) is 5.62. The number of carboxylic acids is 1. The topological polar surface area (TPSA) is 140 Å². The summed E-state index contributed by atoms with van der Waals surface area (Å²) in [6, 6.07) is 15.5. The summed E-state index contributed by atoms with van der Waals surface area (Å²) >= 11 is 0. The summed E-state index contributed by atoms with van der Waals surface area (Å²) in [6.07, 6.45) is -0.148. The maximum absolute atomic E-state index is 11.7. The fourth-order valence-corrected chi connectivity index (χ4v) is 4.39. The van der Waals surface area contributed by atoms with E-state index < -0.39 is 22.6 Å². The molecule has 1 atom stereocenters. The lowest BCUT2D eigenvalue weighted by Gasteiger charge is -2.21. The minimum atomic E-state index is -2.79. The standard InChI is InChI=1S/C25H29N3O6S/c1-15-8-9-16(11-20(15)28-14-34-21-6-4-5-7-23(21)35(31)32)18(13-24(29)30)17-10-19(26)25(27-2)22(12-17)33-3/h4-12,18,27-28,35H,13-14,26H2,1-3H3,(H,29,30). The van der Waals surface area contributed by atoms with Gasteiger partial charge in [0.05, 0.1) is 24.9 Å². The zero-order valence-corrected chi connectivity index (χ0v) is 20.6. The molecule has 0 aliphatic rings. The first-order valence-corrected chi connectivity index (χ1v) is 12.0. The summed E-state index contributed by atoms with van der Waals surface area (Å²) in [4.78, 5) is 11.8. The Morgan fingerprint density at radius 1 is 1.09 bits per heavy atom. The number of hydrogen-bond donors (Lipinski definition) is 5.